The van der Waals surface area contributed by atoms with E-state index in [0.717, 1.165) is 5.57 Å². The molecule has 0 bridgehead atoms. The molecule has 1 aliphatic heterocycles. The van der Waals surface area contributed by atoms with Crippen LogP contribution in [0.1, 0.15) is 12.5 Å². The van der Waals surface area contributed by atoms with Crippen LogP contribution in [0.5, 0.6) is 11.5 Å². The number of hydrogen-bond donors (Lipinski definition) is 1. The summed E-state index contributed by atoms with van der Waals surface area (Å²) in [5, 5.41) is 11.2. The summed E-state index contributed by atoms with van der Waals surface area (Å²) in [4.78, 5) is 1.79. The first kappa shape index (κ1) is 16.1. The maximum atomic E-state index is 11.2. The summed E-state index contributed by atoms with van der Waals surface area (Å²) in [6.07, 6.45) is 0. The molecule has 21 heavy (non-hydrogen) atoms. The zero-order valence-electron chi connectivity index (χ0n) is 12.4. The van der Waals surface area contributed by atoms with Gasteiger partial charge in [0, 0.05) is 18.2 Å². The van der Waals surface area contributed by atoms with Gasteiger partial charge in [-0.25, -0.2) is 0 Å². The second-order valence-corrected chi connectivity index (χ2v) is 6.59. The molecule has 1 aliphatic rings. The van der Waals surface area contributed by atoms with Crippen LogP contribution < -0.4 is 9.47 Å². The number of nitrogens with zero attached hydrogens (tertiary/aromatic N) is 1. The first-order chi connectivity index (χ1) is 9.92. The number of ether oxygens (including phenoxy) is 2. The summed E-state index contributed by atoms with van der Waals surface area (Å²) >= 11 is 6.82. The largest absolute Gasteiger partial charge is 0.497 e. The van der Waals surface area contributed by atoms with E-state index >= 15 is 0 Å². The Hall–Kier alpha value is -1.24. The van der Waals surface area contributed by atoms with Crippen molar-refractivity contribution in [3.63, 3.8) is 0 Å². The lowest BCUT2D eigenvalue weighted by Gasteiger charge is -2.35. The molecule has 1 atom stereocenters. The quantitative estimate of drug-likeness (QED) is 0.663. The minimum absolute atomic E-state index is 0.460. The van der Waals surface area contributed by atoms with Crippen molar-refractivity contribution in [2.24, 2.45) is 0 Å². The van der Waals surface area contributed by atoms with Gasteiger partial charge in [0.05, 0.1) is 20.0 Å². The number of hydrogen-bond acceptors (Lipinski definition) is 5. The Kier molecular flexibility index (Phi) is 4.81. The highest BCUT2D eigenvalue weighted by atomic mass is 32.2. The van der Waals surface area contributed by atoms with Gasteiger partial charge in [-0.05, 0) is 19.1 Å². The van der Waals surface area contributed by atoms with Gasteiger partial charge in [0.2, 0.25) is 0 Å². The number of benzene rings is 1. The second-order valence-electron chi connectivity index (χ2n) is 4.98. The Morgan fingerprint density at radius 1 is 1.48 bits per heavy atom. The third-order valence-corrected chi connectivity index (χ3v) is 4.92. The zero-order chi connectivity index (χ0) is 15.6. The molecule has 0 aromatic heterocycles. The fraction of sp³-hybridized carbons (Fsp3) is 0.400. The number of methoxy groups -OCH3 is 2. The number of aliphatic hydroxyl groups is 1. The first-order valence-corrected chi connectivity index (χ1v) is 7.85. The van der Waals surface area contributed by atoms with Gasteiger partial charge in [0.25, 0.3) is 0 Å². The molecule has 1 heterocycles. The number of thiocarbonyl (C=S) groups is 1. The maximum Gasteiger partial charge on any atom is 0.179 e. The fourth-order valence-corrected chi connectivity index (χ4v) is 3.69. The fourth-order valence-electron chi connectivity index (χ4n) is 2.29. The van der Waals surface area contributed by atoms with Gasteiger partial charge in [0.1, 0.15) is 15.8 Å². The van der Waals surface area contributed by atoms with Gasteiger partial charge in [-0.1, -0.05) is 36.1 Å². The third-order valence-electron chi connectivity index (χ3n) is 3.33. The van der Waals surface area contributed by atoms with E-state index in [4.69, 9.17) is 21.7 Å². The van der Waals surface area contributed by atoms with Crippen LogP contribution in [0.3, 0.4) is 0 Å². The van der Waals surface area contributed by atoms with Crippen molar-refractivity contribution >= 4 is 28.3 Å². The average molecular weight is 325 g/mol. The Bertz CT molecular complexity index is 576. The smallest absolute Gasteiger partial charge is 0.179 e. The Labute approximate surface area is 134 Å². The summed E-state index contributed by atoms with van der Waals surface area (Å²) in [5.74, 6) is 1.72. The molecule has 1 saturated heterocycles. The molecule has 0 aliphatic carbocycles. The molecular weight excluding hydrogens is 306 g/mol. The lowest BCUT2D eigenvalue weighted by Crippen LogP contribution is -2.45. The predicted octanol–water partition coefficient (Wildman–Crippen LogP) is 2.76. The lowest BCUT2D eigenvalue weighted by atomic mass is 10.0. The van der Waals surface area contributed by atoms with Crippen LogP contribution >= 0.6 is 24.0 Å². The van der Waals surface area contributed by atoms with Crippen molar-refractivity contribution in [2.45, 2.75) is 12.6 Å². The summed E-state index contributed by atoms with van der Waals surface area (Å²) in [5.41, 5.74) is 0.420. The van der Waals surface area contributed by atoms with Crippen LogP contribution in [0, 0.1) is 0 Å². The van der Waals surface area contributed by atoms with E-state index in [1.165, 1.54) is 11.8 Å². The van der Waals surface area contributed by atoms with Crippen LogP contribution in [0.15, 0.2) is 30.4 Å². The predicted molar refractivity (Wildman–Crippen MR) is 90.0 cm³/mol. The molecule has 1 aromatic carbocycles. The monoisotopic (exact) mass is 325 g/mol. The Morgan fingerprint density at radius 2 is 2.19 bits per heavy atom. The summed E-state index contributed by atoms with van der Waals surface area (Å²) in [6, 6.07) is 5.39. The van der Waals surface area contributed by atoms with Gasteiger partial charge < -0.3 is 19.5 Å². The van der Waals surface area contributed by atoms with Crippen molar-refractivity contribution in [2.75, 3.05) is 26.5 Å². The standard InChI is InChI=1S/C15H19NO3S2/c1-10(2)8-16-14(20)21-9-15(16,17)12-6-5-11(18-3)7-13(12)19-4/h5-7,17H,1,8-9H2,2-4H3. The number of thioether (sulfide) groups is 1. The minimum Gasteiger partial charge on any atom is -0.497 e. The Morgan fingerprint density at radius 3 is 2.76 bits per heavy atom. The molecule has 0 radical (unpaired) electrons. The third kappa shape index (κ3) is 3.02. The molecule has 0 spiro atoms. The molecule has 2 rings (SSSR count). The van der Waals surface area contributed by atoms with E-state index in [-0.39, 0.29) is 0 Å². The Balaban J connectivity index is 2.47. The first-order valence-electron chi connectivity index (χ1n) is 6.46. The van der Waals surface area contributed by atoms with Crippen LogP contribution in [-0.2, 0) is 5.72 Å². The molecule has 1 unspecified atom stereocenters. The van der Waals surface area contributed by atoms with Crippen LogP contribution in [0.4, 0.5) is 0 Å². The summed E-state index contributed by atoms with van der Waals surface area (Å²) in [7, 11) is 3.17. The molecule has 1 aromatic rings. The number of rotatable bonds is 5. The SMILES string of the molecule is C=C(C)CN1C(=S)SCC1(O)c1ccc(OC)cc1OC. The van der Waals surface area contributed by atoms with Crippen molar-refractivity contribution in [3.05, 3.63) is 35.9 Å². The summed E-state index contributed by atoms with van der Waals surface area (Å²) in [6.45, 7) is 6.33. The van der Waals surface area contributed by atoms with Crippen molar-refractivity contribution in [3.8, 4) is 11.5 Å². The van der Waals surface area contributed by atoms with Crippen LogP contribution in [0.25, 0.3) is 0 Å². The van der Waals surface area contributed by atoms with E-state index in [9.17, 15) is 5.11 Å². The van der Waals surface area contributed by atoms with Gasteiger partial charge in [-0.15, -0.1) is 0 Å². The topological polar surface area (TPSA) is 41.9 Å². The van der Waals surface area contributed by atoms with E-state index < -0.39 is 5.72 Å². The molecular formula is C15H19NO3S2. The lowest BCUT2D eigenvalue weighted by molar-refractivity contribution is -0.0438. The van der Waals surface area contributed by atoms with Crippen molar-refractivity contribution in [1.29, 1.82) is 0 Å². The van der Waals surface area contributed by atoms with E-state index in [2.05, 4.69) is 6.58 Å². The average Bonchev–Trinajstić information content (AvgIpc) is 2.75. The highest BCUT2D eigenvalue weighted by Gasteiger charge is 2.45. The molecule has 0 saturated carbocycles. The van der Waals surface area contributed by atoms with Gasteiger partial charge in [0.15, 0.2) is 5.72 Å². The molecule has 4 nitrogen and oxygen atoms in total. The van der Waals surface area contributed by atoms with Gasteiger partial charge in [-0.2, -0.15) is 0 Å². The second kappa shape index (κ2) is 6.25. The molecule has 1 fully saturated rings. The molecule has 6 heteroatoms. The minimum atomic E-state index is -1.20. The maximum absolute atomic E-state index is 11.2. The van der Waals surface area contributed by atoms with Crippen LogP contribution in [0.2, 0.25) is 0 Å². The molecule has 1 N–H and O–H groups in total. The normalized spacial score (nSPS) is 21.5. The van der Waals surface area contributed by atoms with Gasteiger partial charge >= 0.3 is 0 Å². The highest BCUT2D eigenvalue weighted by molar-refractivity contribution is 8.23. The zero-order valence-corrected chi connectivity index (χ0v) is 14.0. The molecule has 0 amide bonds. The van der Waals surface area contributed by atoms with Gasteiger partial charge in [-0.3, -0.25) is 0 Å². The molecule has 114 valence electrons. The van der Waals surface area contributed by atoms with E-state index in [1.807, 2.05) is 13.0 Å². The highest BCUT2D eigenvalue weighted by Crippen LogP contribution is 2.43. The van der Waals surface area contributed by atoms with Crippen molar-refractivity contribution in [1.82, 2.24) is 4.90 Å². The van der Waals surface area contributed by atoms with Crippen molar-refractivity contribution < 1.29 is 14.6 Å². The van der Waals surface area contributed by atoms with E-state index in [1.54, 1.807) is 31.3 Å². The van der Waals surface area contributed by atoms with E-state index in [0.29, 0.717) is 33.7 Å². The summed E-state index contributed by atoms with van der Waals surface area (Å²) < 4.78 is 11.3. The van der Waals surface area contributed by atoms with Crippen LogP contribution in [-0.4, -0.2) is 40.8 Å².